The van der Waals surface area contributed by atoms with E-state index in [1.165, 1.54) is 13.1 Å². The molecule has 0 aromatic heterocycles. The number of amides is 2. The molecule has 2 aromatic rings. The highest BCUT2D eigenvalue weighted by molar-refractivity contribution is 7.92. The minimum Gasteiger partial charge on any atom is -0.481 e. The molecule has 2 amide bonds. The average molecular weight is 616 g/mol. The molecule has 10 nitrogen and oxygen atoms in total. The average Bonchev–Trinajstić information content (AvgIpc) is 2.96. The number of anilines is 1. The number of carbonyl (C=O) groups is 3. The molecule has 0 saturated heterocycles. The Balaban J connectivity index is 1.65. The van der Waals surface area contributed by atoms with Crippen molar-refractivity contribution in [2.75, 3.05) is 11.4 Å². The zero-order valence-corrected chi connectivity index (χ0v) is 26.2. The Morgan fingerprint density at radius 3 is 2.35 bits per heavy atom. The summed E-state index contributed by atoms with van der Waals surface area (Å²) < 4.78 is 27.2. The van der Waals surface area contributed by atoms with Crippen LogP contribution in [0.25, 0.3) is 0 Å². The van der Waals surface area contributed by atoms with Crippen molar-refractivity contribution in [1.29, 1.82) is 0 Å². The summed E-state index contributed by atoms with van der Waals surface area (Å²) in [6.45, 7) is 5.65. The van der Waals surface area contributed by atoms with Crippen molar-refractivity contribution in [1.82, 2.24) is 10.6 Å². The van der Waals surface area contributed by atoms with Gasteiger partial charge in [0, 0.05) is 24.6 Å². The summed E-state index contributed by atoms with van der Waals surface area (Å²) in [4.78, 5) is 37.6. The Kier molecular flexibility index (Phi) is 12.1. The quantitative estimate of drug-likeness (QED) is 0.251. The van der Waals surface area contributed by atoms with E-state index in [-0.39, 0.29) is 35.6 Å². The molecule has 0 bridgehead atoms. The Morgan fingerprint density at radius 1 is 1.00 bits per heavy atom. The third kappa shape index (κ3) is 10.1. The number of sulfonamides is 1. The highest BCUT2D eigenvalue weighted by Gasteiger charge is 2.31. The molecule has 11 heteroatoms. The fourth-order valence-electron chi connectivity index (χ4n) is 5.48. The van der Waals surface area contributed by atoms with E-state index in [4.69, 9.17) is 0 Å². The summed E-state index contributed by atoms with van der Waals surface area (Å²) in [6.07, 6.45) is 2.02. The maximum atomic E-state index is 13.3. The van der Waals surface area contributed by atoms with Crippen LogP contribution in [0.5, 0.6) is 0 Å². The van der Waals surface area contributed by atoms with E-state index >= 15 is 0 Å². The number of nitrogens with zero attached hydrogens (tertiary/aromatic N) is 1. The van der Waals surface area contributed by atoms with E-state index in [0.717, 1.165) is 17.1 Å². The van der Waals surface area contributed by atoms with E-state index in [9.17, 15) is 33.0 Å². The molecular formula is C32H45N3O7S. The van der Waals surface area contributed by atoms with Crippen LogP contribution in [-0.2, 0) is 25.4 Å². The smallest absolute Gasteiger partial charge is 0.306 e. The van der Waals surface area contributed by atoms with Crippen LogP contribution >= 0.6 is 0 Å². The topological polar surface area (TPSA) is 153 Å². The molecule has 0 heterocycles. The van der Waals surface area contributed by atoms with E-state index in [1.54, 1.807) is 49.4 Å². The van der Waals surface area contributed by atoms with Crippen molar-refractivity contribution in [3.8, 4) is 0 Å². The Labute approximate surface area is 254 Å². The van der Waals surface area contributed by atoms with Crippen LogP contribution in [0, 0.1) is 17.8 Å². The second-order valence-electron chi connectivity index (χ2n) is 12.1. The Morgan fingerprint density at radius 2 is 1.70 bits per heavy atom. The van der Waals surface area contributed by atoms with Crippen LogP contribution in [0.3, 0.4) is 0 Å². The minimum atomic E-state index is -3.71. The van der Waals surface area contributed by atoms with E-state index in [2.05, 4.69) is 10.6 Å². The molecule has 4 N–H and O–H groups in total. The first-order valence-corrected chi connectivity index (χ1v) is 16.5. The summed E-state index contributed by atoms with van der Waals surface area (Å²) in [5.41, 5.74) is 1.24. The van der Waals surface area contributed by atoms with Gasteiger partial charge in [0.25, 0.3) is 5.91 Å². The van der Waals surface area contributed by atoms with Crippen molar-refractivity contribution in [2.24, 2.45) is 17.8 Å². The van der Waals surface area contributed by atoms with Crippen LogP contribution < -0.4 is 14.9 Å². The van der Waals surface area contributed by atoms with Crippen LogP contribution in [0.1, 0.15) is 75.2 Å². The molecule has 43 heavy (non-hydrogen) atoms. The van der Waals surface area contributed by atoms with Gasteiger partial charge in [-0.25, -0.2) is 8.42 Å². The molecule has 0 spiro atoms. The lowest BCUT2D eigenvalue weighted by Gasteiger charge is -2.30. The molecular weight excluding hydrogens is 570 g/mol. The molecule has 1 aliphatic carbocycles. The number of carbonyl (C=O) groups excluding carboxylic acids is 2. The predicted molar refractivity (Wildman–Crippen MR) is 166 cm³/mol. The van der Waals surface area contributed by atoms with Gasteiger partial charge in [-0.3, -0.25) is 18.7 Å². The summed E-state index contributed by atoms with van der Waals surface area (Å²) in [5.74, 6) is -2.63. The Bertz CT molecular complexity index is 1350. The van der Waals surface area contributed by atoms with Gasteiger partial charge in [0.2, 0.25) is 15.9 Å². The van der Waals surface area contributed by atoms with Gasteiger partial charge < -0.3 is 20.8 Å². The van der Waals surface area contributed by atoms with E-state index in [1.807, 2.05) is 19.9 Å². The van der Waals surface area contributed by atoms with Gasteiger partial charge in [0.1, 0.15) is 0 Å². The maximum absolute atomic E-state index is 13.3. The van der Waals surface area contributed by atoms with E-state index < -0.39 is 45.9 Å². The number of rotatable bonds is 14. The largest absolute Gasteiger partial charge is 0.481 e. The zero-order chi connectivity index (χ0) is 31.7. The number of aliphatic carboxylic acids is 1. The number of benzene rings is 2. The molecule has 3 rings (SSSR count). The van der Waals surface area contributed by atoms with Crippen molar-refractivity contribution >= 4 is 33.5 Å². The normalized spacial score (nSPS) is 19.2. The Hall–Kier alpha value is -3.44. The SMILES string of the molecule is CC(C)C[C@H](NC(=O)c1cccc(N(C)S(=O)(=O)Cc2ccccc2)c1)C(O)CC(C)C(=O)NC1CCCC(C(=O)O)C1. The maximum Gasteiger partial charge on any atom is 0.306 e. The van der Waals surface area contributed by atoms with Gasteiger partial charge >= 0.3 is 5.97 Å². The zero-order valence-electron chi connectivity index (χ0n) is 25.4. The molecule has 2 aromatic carbocycles. The molecule has 0 aliphatic heterocycles. The lowest BCUT2D eigenvalue weighted by atomic mass is 9.85. The van der Waals surface area contributed by atoms with Crippen molar-refractivity contribution in [2.45, 2.75) is 83.2 Å². The lowest BCUT2D eigenvalue weighted by Crippen LogP contribution is -2.47. The number of hydrogen-bond donors (Lipinski definition) is 4. The summed E-state index contributed by atoms with van der Waals surface area (Å²) in [6, 6.07) is 14.3. The third-order valence-electron chi connectivity index (χ3n) is 8.00. The van der Waals surface area contributed by atoms with Crippen molar-refractivity contribution in [3.05, 3.63) is 65.7 Å². The highest BCUT2D eigenvalue weighted by atomic mass is 32.2. The fraction of sp³-hybridized carbons (Fsp3) is 0.531. The van der Waals surface area contributed by atoms with Crippen LogP contribution in [0.4, 0.5) is 5.69 Å². The number of aliphatic hydroxyl groups is 1. The minimum absolute atomic E-state index is 0.110. The second kappa shape index (κ2) is 15.3. The van der Waals surface area contributed by atoms with E-state index in [0.29, 0.717) is 30.5 Å². The number of carboxylic acid groups (broad SMARTS) is 1. The molecule has 1 aliphatic rings. The number of hydrogen-bond acceptors (Lipinski definition) is 6. The van der Waals surface area contributed by atoms with Gasteiger partial charge in [-0.05, 0) is 61.8 Å². The van der Waals surface area contributed by atoms with Crippen LogP contribution in [-0.4, -0.2) is 61.6 Å². The molecule has 236 valence electrons. The van der Waals surface area contributed by atoms with Gasteiger partial charge in [-0.15, -0.1) is 0 Å². The first kappa shape index (κ1) is 34.1. The van der Waals surface area contributed by atoms with Gasteiger partial charge in [0.15, 0.2) is 0 Å². The first-order valence-electron chi connectivity index (χ1n) is 14.9. The molecule has 1 fully saturated rings. The van der Waals surface area contributed by atoms with Gasteiger partial charge in [-0.1, -0.05) is 63.6 Å². The fourth-order valence-corrected chi connectivity index (χ4v) is 6.72. The number of carboxylic acids is 1. The molecule has 5 atom stereocenters. The van der Waals surface area contributed by atoms with Gasteiger partial charge in [0.05, 0.1) is 29.5 Å². The van der Waals surface area contributed by atoms with Crippen LogP contribution in [0.2, 0.25) is 0 Å². The van der Waals surface area contributed by atoms with Crippen molar-refractivity contribution in [3.63, 3.8) is 0 Å². The summed E-state index contributed by atoms with van der Waals surface area (Å²) in [5, 5.41) is 26.3. The highest BCUT2D eigenvalue weighted by Crippen LogP contribution is 2.26. The third-order valence-corrected chi connectivity index (χ3v) is 9.74. The lowest BCUT2D eigenvalue weighted by molar-refractivity contribution is -0.143. The summed E-state index contributed by atoms with van der Waals surface area (Å²) >= 11 is 0. The monoisotopic (exact) mass is 615 g/mol. The second-order valence-corrected chi connectivity index (χ2v) is 14.1. The number of aliphatic hydroxyl groups excluding tert-OH is 1. The molecule has 0 radical (unpaired) electrons. The molecule has 4 unspecified atom stereocenters. The van der Waals surface area contributed by atoms with Crippen molar-refractivity contribution < 1.29 is 33.0 Å². The number of nitrogens with one attached hydrogen (secondary N) is 2. The first-order chi connectivity index (χ1) is 20.3. The van der Waals surface area contributed by atoms with Gasteiger partial charge in [-0.2, -0.15) is 0 Å². The van der Waals surface area contributed by atoms with Crippen LogP contribution in [0.15, 0.2) is 54.6 Å². The molecule has 1 saturated carbocycles. The summed E-state index contributed by atoms with van der Waals surface area (Å²) in [7, 11) is -2.26. The predicted octanol–water partition coefficient (Wildman–Crippen LogP) is 3.94. The standard InChI is InChI=1S/C32H45N3O7S/c1-21(2)16-28(29(36)17-22(3)30(37)33-26-14-8-13-25(18-26)32(39)40)34-31(38)24-12-9-15-27(19-24)35(4)43(41,42)20-23-10-6-5-7-11-23/h5-7,9-12,15,19,21-22,25-26,28-29,36H,8,13-14,16-18,20H2,1-4H3,(H,33,37)(H,34,38)(H,39,40)/t22?,25?,26?,28-,29?/m0/s1.